The number of benzene rings is 1. The molecule has 94 valence electrons. The first-order chi connectivity index (χ1) is 8.68. The fraction of sp³-hybridized carbons (Fsp3) is 0.250. The summed E-state index contributed by atoms with van der Waals surface area (Å²) in [6, 6.07) is 8.33. The van der Waals surface area contributed by atoms with Crippen molar-refractivity contribution in [2.45, 2.75) is 12.6 Å². The molecule has 0 amide bonds. The summed E-state index contributed by atoms with van der Waals surface area (Å²) in [6.45, 7) is 0.398. The number of carbonyl (C=O) groups is 1. The molecule has 1 unspecified atom stereocenters. The SMILES string of the molecule is Cn1nncc1CNC(C(=O)O)c1ccccc1. The van der Waals surface area contributed by atoms with Gasteiger partial charge in [0.25, 0.3) is 0 Å². The summed E-state index contributed by atoms with van der Waals surface area (Å²) in [5.74, 6) is -0.906. The predicted octanol–water partition coefficient (Wildman–Crippen LogP) is 0.731. The molecule has 0 aliphatic heterocycles. The number of nitrogens with one attached hydrogen (secondary N) is 1. The molecule has 0 spiro atoms. The molecule has 1 atom stereocenters. The minimum absolute atomic E-state index is 0.398. The van der Waals surface area contributed by atoms with Crippen molar-refractivity contribution in [1.29, 1.82) is 0 Å². The van der Waals surface area contributed by atoms with Crippen LogP contribution in [0, 0.1) is 0 Å². The van der Waals surface area contributed by atoms with E-state index < -0.39 is 12.0 Å². The highest BCUT2D eigenvalue weighted by Gasteiger charge is 2.19. The second kappa shape index (κ2) is 5.42. The smallest absolute Gasteiger partial charge is 0.325 e. The first-order valence-corrected chi connectivity index (χ1v) is 5.53. The van der Waals surface area contributed by atoms with Gasteiger partial charge in [-0.3, -0.25) is 14.8 Å². The van der Waals surface area contributed by atoms with Crippen LogP contribution in [0.3, 0.4) is 0 Å². The molecule has 0 aliphatic rings. The Morgan fingerprint density at radius 1 is 1.44 bits per heavy atom. The minimum Gasteiger partial charge on any atom is -0.480 e. The normalized spacial score (nSPS) is 12.3. The van der Waals surface area contributed by atoms with Crippen LogP contribution in [0.15, 0.2) is 36.5 Å². The minimum atomic E-state index is -0.906. The summed E-state index contributed by atoms with van der Waals surface area (Å²) in [7, 11) is 1.77. The lowest BCUT2D eigenvalue weighted by Crippen LogP contribution is -2.28. The van der Waals surface area contributed by atoms with Crippen LogP contribution in [0.1, 0.15) is 17.3 Å². The Bertz CT molecular complexity index is 524. The maximum atomic E-state index is 11.2. The van der Waals surface area contributed by atoms with Crippen LogP contribution in [0.25, 0.3) is 0 Å². The van der Waals surface area contributed by atoms with Crippen LogP contribution in [0.2, 0.25) is 0 Å². The van der Waals surface area contributed by atoms with Crippen molar-refractivity contribution in [2.24, 2.45) is 7.05 Å². The molecule has 18 heavy (non-hydrogen) atoms. The zero-order chi connectivity index (χ0) is 13.0. The Labute approximate surface area is 104 Å². The fourth-order valence-electron chi connectivity index (χ4n) is 1.67. The lowest BCUT2D eigenvalue weighted by atomic mass is 10.1. The molecule has 2 rings (SSSR count). The Balaban J connectivity index is 2.09. The first kappa shape index (κ1) is 12.3. The van der Waals surface area contributed by atoms with E-state index in [9.17, 15) is 9.90 Å². The van der Waals surface area contributed by atoms with E-state index >= 15 is 0 Å². The number of carboxylic acid groups (broad SMARTS) is 1. The van der Waals surface area contributed by atoms with Gasteiger partial charge in [0.1, 0.15) is 6.04 Å². The molecule has 0 saturated heterocycles. The van der Waals surface area contributed by atoms with E-state index in [1.807, 2.05) is 18.2 Å². The van der Waals surface area contributed by atoms with Gasteiger partial charge in [0.2, 0.25) is 0 Å². The largest absolute Gasteiger partial charge is 0.480 e. The topological polar surface area (TPSA) is 80.0 Å². The molecule has 0 aliphatic carbocycles. The number of hydrogen-bond donors (Lipinski definition) is 2. The van der Waals surface area contributed by atoms with Gasteiger partial charge in [0, 0.05) is 13.6 Å². The summed E-state index contributed by atoms with van der Waals surface area (Å²) in [5, 5.41) is 19.7. The number of hydrogen-bond acceptors (Lipinski definition) is 4. The maximum Gasteiger partial charge on any atom is 0.325 e. The van der Waals surface area contributed by atoms with E-state index in [0.29, 0.717) is 6.54 Å². The van der Waals surface area contributed by atoms with Gasteiger partial charge < -0.3 is 5.11 Å². The van der Waals surface area contributed by atoms with Gasteiger partial charge in [-0.15, -0.1) is 5.10 Å². The molecule has 6 heteroatoms. The van der Waals surface area contributed by atoms with Crippen molar-refractivity contribution in [3.63, 3.8) is 0 Å². The zero-order valence-electron chi connectivity index (χ0n) is 9.95. The molecule has 6 nitrogen and oxygen atoms in total. The molecular formula is C12H14N4O2. The van der Waals surface area contributed by atoms with E-state index in [4.69, 9.17) is 0 Å². The van der Waals surface area contributed by atoms with Gasteiger partial charge in [-0.05, 0) is 5.56 Å². The molecule has 0 bridgehead atoms. The van der Waals surface area contributed by atoms with Crippen LogP contribution in [-0.4, -0.2) is 26.1 Å². The summed E-state index contributed by atoms with van der Waals surface area (Å²) in [4.78, 5) is 11.2. The van der Waals surface area contributed by atoms with Crippen molar-refractivity contribution in [2.75, 3.05) is 0 Å². The first-order valence-electron chi connectivity index (χ1n) is 5.53. The quantitative estimate of drug-likeness (QED) is 0.813. The molecule has 1 heterocycles. The highest BCUT2D eigenvalue weighted by molar-refractivity contribution is 5.75. The average molecular weight is 246 g/mol. The summed E-state index contributed by atoms with van der Waals surface area (Å²) < 4.78 is 1.61. The summed E-state index contributed by atoms with van der Waals surface area (Å²) in [6.07, 6.45) is 1.61. The van der Waals surface area contributed by atoms with E-state index in [1.165, 1.54) is 0 Å². The van der Waals surface area contributed by atoms with Gasteiger partial charge in [0.15, 0.2) is 0 Å². The van der Waals surface area contributed by atoms with Gasteiger partial charge in [-0.2, -0.15) is 0 Å². The third-order valence-corrected chi connectivity index (χ3v) is 2.68. The van der Waals surface area contributed by atoms with Crippen LogP contribution in [0.4, 0.5) is 0 Å². The lowest BCUT2D eigenvalue weighted by molar-refractivity contribution is -0.139. The van der Waals surface area contributed by atoms with Crippen LogP contribution in [-0.2, 0) is 18.4 Å². The molecule has 1 aromatic carbocycles. The molecule has 0 fully saturated rings. The second-order valence-corrected chi connectivity index (χ2v) is 3.91. The maximum absolute atomic E-state index is 11.2. The van der Waals surface area contributed by atoms with E-state index in [2.05, 4.69) is 15.6 Å². The lowest BCUT2D eigenvalue weighted by Gasteiger charge is -2.14. The van der Waals surface area contributed by atoms with Crippen molar-refractivity contribution < 1.29 is 9.90 Å². The van der Waals surface area contributed by atoms with Crippen LogP contribution in [0.5, 0.6) is 0 Å². The van der Waals surface area contributed by atoms with Crippen molar-refractivity contribution in [3.05, 3.63) is 47.8 Å². The van der Waals surface area contributed by atoms with E-state index in [-0.39, 0.29) is 0 Å². The molecular weight excluding hydrogens is 232 g/mol. The standard InChI is InChI=1S/C12H14N4O2/c1-16-10(8-14-15-16)7-13-11(12(17)18)9-5-3-2-4-6-9/h2-6,8,11,13H,7H2,1H3,(H,17,18). The van der Waals surface area contributed by atoms with E-state index in [0.717, 1.165) is 11.3 Å². The highest BCUT2D eigenvalue weighted by atomic mass is 16.4. The number of aromatic nitrogens is 3. The summed E-state index contributed by atoms with van der Waals surface area (Å²) in [5.41, 5.74) is 1.55. The Morgan fingerprint density at radius 3 is 2.72 bits per heavy atom. The number of rotatable bonds is 5. The number of nitrogens with zero attached hydrogens (tertiary/aromatic N) is 3. The van der Waals surface area contributed by atoms with Crippen molar-refractivity contribution >= 4 is 5.97 Å². The van der Waals surface area contributed by atoms with Crippen molar-refractivity contribution in [3.8, 4) is 0 Å². The zero-order valence-corrected chi connectivity index (χ0v) is 9.95. The Hall–Kier alpha value is -2.21. The van der Waals surface area contributed by atoms with Gasteiger partial charge in [-0.25, -0.2) is 0 Å². The molecule has 2 aromatic rings. The average Bonchev–Trinajstić information content (AvgIpc) is 2.76. The molecule has 1 aromatic heterocycles. The second-order valence-electron chi connectivity index (χ2n) is 3.91. The molecule has 2 N–H and O–H groups in total. The van der Waals surface area contributed by atoms with Crippen LogP contribution < -0.4 is 5.32 Å². The highest BCUT2D eigenvalue weighted by Crippen LogP contribution is 2.13. The molecule has 0 radical (unpaired) electrons. The van der Waals surface area contributed by atoms with Gasteiger partial charge >= 0.3 is 5.97 Å². The van der Waals surface area contributed by atoms with Crippen molar-refractivity contribution in [1.82, 2.24) is 20.3 Å². The predicted molar refractivity (Wildman–Crippen MR) is 64.7 cm³/mol. The van der Waals surface area contributed by atoms with E-state index in [1.54, 1.807) is 30.1 Å². The van der Waals surface area contributed by atoms with Gasteiger partial charge in [0.05, 0.1) is 11.9 Å². The number of carboxylic acids is 1. The Kier molecular flexibility index (Phi) is 3.69. The number of aryl methyl sites for hydroxylation is 1. The summed E-state index contributed by atoms with van der Waals surface area (Å²) >= 11 is 0. The fourth-order valence-corrected chi connectivity index (χ4v) is 1.67. The Morgan fingerprint density at radius 2 is 2.17 bits per heavy atom. The number of aliphatic carboxylic acids is 1. The third-order valence-electron chi connectivity index (χ3n) is 2.68. The molecule has 0 saturated carbocycles. The van der Waals surface area contributed by atoms with Gasteiger partial charge in [-0.1, -0.05) is 35.5 Å². The third kappa shape index (κ3) is 2.72. The monoisotopic (exact) mass is 246 g/mol. The van der Waals surface area contributed by atoms with Crippen LogP contribution >= 0.6 is 0 Å².